The maximum absolute atomic E-state index is 12.2. The Labute approximate surface area is 107 Å². The molecule has 6 heteroatoms. The quantitative estimate of drug-likeness (QED) is 0.735. The second-order valence-electron chi connectivity index (χ2n) is 4.31. The molecule has 1 aliphatic rings. The molecule has 1 amide bonds. The second-order valence-corrected chi connectivity index (χ2v) is 4.75. The van der Waals surface area contributed by atoms with Crippen LogP contribution in [0.2, 0.25) is 5.02 Å². The minimum absolute atomic E-state index is 0.304. The number of carbonyl (C=O) groups excluding carboxylic acids is 1. The highest BCUT2D eigenvalue weighted by Crippen LogP contribution is 2.19. The fourth-order valence-corrected chi connectivity index (χ4v) is 2.37. The molecule has 0 saturated carbocycles. The first kappa shape index (κ1) is 11.3. The summed E-state index contributed by atoms with van der Waals surface area (Å²) in [6, 6.07) is 4.43. The lowest BCUT2D eigenvalue weighted by Gasteiger charge is -2.14. The molecule has 0 aliphatic carbocycles. The largest absolute Gasteiger partial charge is 0.366 e. The van der Waals surface area contributed by atoms with Crippen LogP contribution in [-0.2, 0) is 0 Å². The average molecular weight is 267 g/mol. The van der Waals surface area contributed by atoms with E-state index >= 15 is 0 Å². The third-order valence-corrected chi connectivity index (χ3v) is 3.36. The van der Waals surface area contributed by atoms with Crippen LogP contribution in [0.5, 0.6) is 0 Å². The minimum Gasteiger partial charge on any atom is -0.326 e. The van der Waals surface area contributed by atoms with E-state index in [1.807, 2.05) is 0 Å². The van der Waals surface area contributed by atoms with Crippen LogP contribution in [0.25, 0.3) is 10.9 Å². The van der Waals surface area contributed by atoms with Crippen LogP contribution in [0, 0.1) is 0 Å². The standard InChI is InChI=1S/C12H11ClN2O3/c13-8-3-4-9-10(7-8)15(18-11(9)16)12(17)14-5-1-2-6-14/h3-4,7H,1-2,5-6H2. The molecule has 0 spiro atoms. The zero-order valence-corrected chi connectivity index (χ0v) is 10.3. The molecule has 0 bridgehead atoms. The number of likely N-dealkylation sites (tertiary alicyclic amines) is 1. The normalized spacial score (nSPS) is 15.5. The molecule has 94 valence electrons. The van der Waals surface area contributed by atoms with Crippen LogP contribution in [0.3, 0.4) is 0 Å². The van der Waals surface area contributed by atoms with Gasteiger partial charge in [0.05, 0.1) is 5.39 Å². The fraction of sp³-hybridized carbons (Fsp3) is 0.333. The Morgan fingerprint density at radius 3 is 2.72 bits per heavy atom. The molecule has 1 fully saturated rings. The van der Waals surface area contributed by atoms with Gasteiger partial charge in [-0.3, -0.25) is 0 Å². The van der Waals surface area contributed by atoms with Crippen LogP contribution in [0.1, 0.15) is 12.8 Å². The van der Waals surface area contributed by atoms with E-state index in [1.54, 1.807) is 23.1 Å². The lowest BCUT2D eigenvalue weighted by Crippen LogP contribution is -2.31. The number of halogens is 1. The highest BCUT2D eigenvalue weighted by molar-refractivity contribution is 6.31. The predicted molar refractivity (Wildman–Crippen MR) is 67.1 cm³/mol. The van der Waals surface area contributed by atoms with E-state index in [0.29, 0.717) is 29.0 Å². The Morgan fingerprint density at radius 1 is 1.28 bits per heavy atom. The summed E-state index contributed by atoms with van der Waals surface area (Å²) in [5, 5.41) is 0.832. The van der Waals surface area contributed by atoms with E-state index < -0.39 is 5.63 Å². The Kier molecular flexibility index (Phi) is 2.63. The van der Waals surface area contributed by atoms with Crippen molar-refractivity contribution in [3.63, 3.8) is 0 Å². The summed E-state index contributed by atoms with van der Waals surface area (Å²) in [6.07, 6.45) is 1.96. The second kappa shape index (κ2) is 4.17. The lowest BCUT2D eigenvalue weighted by atomic mass is 10.2. The minimum atomic E-state index is -0.519. The molecule has 2 heterocycles. The van der Waals surface area contributed by atoms with Crippen LogP contribution in [0.4, 0.5) is 4.79 Å². The maximum atomic E-state index is 12.2. The van der Waals surface area contributed by atoms with Crippen LogP contribution >= 0.6 is 11.6 Å². The van der Waals surface area contributed by atoms with Crippen LogP contribution in [0.15, 0.2) is 27.5 Å². The van der Waals surface area contributed by atoms with E-state index in [2.05, 4.69) is 0 Å². The van der Waals surface area contributed by atoms with E-state index in [0.717, 1.165) is 17.6 Å². The Morgan fingerprint density at radius 2 is 2.00 bits per heavy atom. The first-order chi connectivity index (χ1) is 8.66. The molecule has 1 aromatic heterocycles. The lowest BCUT2D eigenvalue weighted by molar-refractivity contribution is 0.178. The van der Waals surface area contributed by atoms with Gasteiger partial charge in [0.25, 0.3) is 0 Å². The van der Waals surface area contributed by atoms with E-state index in [9.17, 15) is 9.59 Å². The molecule has 1 aromatic carbocycles. The number of rotatable bonds is 0. The smallest absolute Gasteiger partial charge is 0.326 e. The number of hydrogen-bond acceptors (Lipinski definition) is 3. The van der Waals surface area contributed by atoms with E-state index in [1.165, 1.54) is 0 Å². The fourth-order valence-electron chi connectivity index (χ4n) is 2.21. The maximum Gasteiger partial charge on any atom is 0.366 e. The van der Waals surface area contributed by atoms with Gasteiger partial charge in [0, 0.05) is 18.1 Å². The molecule has 0 N–H and O–H groups in total. The molecule has 5 nitrogen and oxygen atoms in total. The van der Waals surface area contributed by atoms with Gasteiger partial charge in [0.1, 0.15) is 5.52 Å². The first-order valence-corrected chi connectivity index (χ1v) is 6.15. The van der Waals surface area contributed by atoms with Gasteiger partial charge in [0.15, 0.2) is 0 Å². The van der Waals surface area contributed by atoms with Crippen molar-refractivity contribution in [1.29, 1.82) is 0 Å². The zero-order valence-electron chi connectivity index (χ0n) is 9.56. The van der Waals surface area contributed by atoms with Gasteiger partial charge in [-0.1, -0.05) is 11.6 Å². The number of aromatic nitrogens is 1. The summed E-state index contributed by atoms with van der Waals surface area (Å²) in [5.41, 5.74) is -0.0985. The number of amides is 1. The molecule has 0 radical (unpaired) electrons. The molecular formula is C12H11ClN2O3. The van der Waals surface area contributed by atoms with Crippen molar-refractivity contribution in [1.82, 2.24) is 9.64 Å². The average Bonchev–Trinajstić information content (AvgIpc) is 2.97. The summed E-state index contributed by atoms with van der Waals surface area (Å²) in [5.74, 6) is 0. The number of carbonyl (C=O) groups is 1. The van der Waals surface area contributed by atoms with Gasteiger partial charge in [-0.05, 0) is 31.0 Å². The van der Waals surface area contributed by atoms with E-state index in [-0.39, 0.29) is 6.03 Å². The van der Waals surface area contributed by atoms with Crippen LogP contribution < -0.4 is 5.63 Å². The highest BCUT2D eigenvalue weighted by atomic mass is 35.5. The number of benzene rings is 1. The molecule has 0 atom stereocenters. The molecule has 1 saturated heterocycles. The molecule has 1 aliphatic heterocycles. The highest BCUT2D eigenvalue weighted by Gasteiger charge is 2.23. The van der Waals surface area contributed by atoms with Crippen molar-refractivity contribution in [3.05, 3.63) is 33.6 Å². The molecule has 18 heavy (non-hydrogen) atoms. The van der Waals surface area contributed by atoms with Crippen molar-refractivity contribution in [2.75, 3.05) is 13.1 Å². The van der Waals surface area contributed by atoms with Gasteiger partial charge < -0.3 is 9.42 Å². The Balaban J connectivity index is 2.13. The molecule has 3 rings (SSSR count). The number of fused-ring (bicyclic) bond motifs is 1. The Bertz CT molecular complexity index is 668. The van der Waals surface area contributed by atoms with Crippen molar-refractivity contribution in [3.8, 4) is 0 Å². The summed E-state index contributed by atoms with van der Waals surface area (Å²) >= 11 is 5.88. The van der Waals surface area contributed by atoms with Gasteiger partial charge in [-0.25, -0.2) is 9.59 Å². The monoisotopic (exact) mass is 266 g/mol. The van der Waals surface area contributed by atoms with Crippen LogP contribution in [-0.4, -0.2) is 28.8 Å². The van der Waals surface area contributed by atoms with Gasteiger partial charge in [-0.15, -0.1) is 4.74 Å². The van der Waals surface area contributed by atoms with Gasteiger partial charge in [-0.2, -0.15) is 0 Å². The Hall–Kier alpha value is -1.75. The summed E-state index contributed by atoms with van der Waals surface area (Å²) in [7, 11) is 0. The third kappa shape index (κ3) is 1.71. The van der Waals surface area contributed by atoms with Crippen molar-refractivity contribution >= 4 is 28.5 Å². The predicted octanol–water partition coefficient (Wildman–Crippen LogP) is 2.31. The zero-order chi connectivity index (χ0) is 12.7. The topological polar surface area (TPSA) is 55.5 Å². The van der Waals surface area contributed by atoms with Gasteiger partial charge >= 0.3 is 11.7 Å². The van der Waals surface area contributed by atoms with Crippen molar-refractivity contribution < 1.29 is 9.32 Å². The summed E-state index contributed by atoms with van der Waals surface area (Å²) < 4.78 is 6.04. The first-order valence-electron chi connectivity index (χ1n) is 5.78. The SMILES string of the molecule is O=C(N1CCCC1)n1oc(=O)c2ccc(Cl)cc21. The number of nitrogens with zero attached hydrogens (tertiary/aromatic N) is 2. The van der Waals surface area contributed by atoms with E-state index in [4.69, 9.17) is 16.1 Å². The third-order valence-electron chi connectivity index (χ3n) is 3.12. The van der Waals surface area contributed by atoms with Gasteiger partial charge in [0.2, 0.25) is 0 Å². The number of hydrogen-bond donors (Lipinski definition) is 0. The molecular weight excluding hydrogens is 256 g/mol. The molecule has 2 aromatic rings. The van der Waals surface area contributed by atoms with Crippen molar-refractivity contribution in [2.24, 2.45) is 0 Å². The molecule has 0 unspecified atom stereocenters. The van der Waals surface area contributed by atoms with Crippen molar-refractivity contribution in [2.45, 2.75) is 12.8 Å². The summed E-state index contributed by atoms with van der Waals surface area (Å²) in [4.78, 5) is 25.5. The summed E-state index contributed by atoms with van der Waals surface area (Å²) in [6.45, 7) is 1.39.